The molecule has 5 nitrogen and oxygen atoms in total. The van der Waals surface area contributed by atoms with E-state index in [9.17, 15) is 8.42 Å². The summed E-state index contributed by atoms with van der Waals surface area (Å²) in [4.78, 5) is 4.69. The molecule has 0 bridgehead atoms. The van der Waals surface area contributed by atoms with E-state index in [-0.39, 0.29) is 0 Å². The first kappa shape index (κ1) is 17.2. The van der Waals surface area contributed by atoms with Crippen LogP contribution >= 0.6 is 0 Å². The number of hydrogen-bond donors (Lipinski definition) is 0. The first-order valence-corrected chi connectivity index (χ1v) is 9.87. The zero-order chi connectivity index (χ0) is 17.3. The number of rotatable bonds is 4. The molecule has 6 heteroatoms. The fourth-order valence-electron chi connectivity index (χ4n) is 3.43. The van der Waals surface area contributed by atoms with E-state index in [2.05, 4.69) is 9.55 Å². The molecule has 3 rings (SSSR count). The second-order valence-corrected chi connectivity index (χ2v) is 8.65. The van der Waals surface area contributed by atoms with Crippen molar-refractivity contribution in [3.8, 4) is 0 Å². The first-order valence-electron chi connectivity index (χ1n) is 8.43. The maximum Gasteiger partial charge on any atom is 0.243 e. The fraction of sp³-hybridized carbons (Fsp3) is 0.500. The number of hydrogen-bond acceptors (Lipinski definition) is 3. The molecule has 0 atom stereocenters. The van der Waals surface area contributed by atoms with Gasteiger partial charge in [-0.1, -0.05) is 17.7 Å². The topological polar surface area (TPSA) is 55.2 Å². The summed E-state index contributed by atoms with van der Waals surface area (Å²) in [6, 6.07) is 5.54. The van der Waals surface area contributed by atoms with Crippen molar-refractivity contribution in [1.29, 1.82) is 0 Å². The largest absolute Gasteiger partial charge is 0.335 e. The fourth-order valence-corrected chi connectivity index (χ4v) is 5.11. The third-order valence-corrected chi connectivity index (χ3v) is 6.96. The van der Waals surface area contributed by atoms with Gasteiger partial charge in [-0.2, -0.15) is 4.31 Å². The van der Waals surface area contributed by atoms with Gasteiger partial charge in [-0.15, -0.1) is 0 Å². The van der Waals surface area contributed by atoms with Crippen LogP contribution in [0.2, 0.25) is 0 Å². The van der Waals surface area contributed by atoms with Crippen molar-refractivity contribution in [3.63, 3.8) is 0 Å². The van der Waals surface area contributed by atoms with Gasteiger partial charge in [0.05, 0.1) is 4.90 Å². The summed E-state index contributed by atoms with van der Waals surface area (Å²) in [6.07, 6.45) is 5.59. The second-order valence-electron chi connectivity index (χ2n) is 6.74. The summed E-state index contributed by atoms with van der Waals surface area (Å²) >= 11 is 0. The van der Waals surface area contributed by atoms with E-state index in [0.717, 1.165) is 36.3 Å². The summed E-state index contributed by atoms with van der Waals surface area (Å²) in [6.45, 7) is 7.95. The average Bonchev–Trinajstić information content (AvgIpc) is 2.92. The molecule has 0 amide bonds. The number of nitrogens with zero attached hydrogens (tertiary/aromatic N) is 3. The Hall–Kier alpha value is -1.66. The molecule has 24 heavy (non-hydrogen) atoms. The van der Waals surface area contributed by atoms with Crippen molar-refractivity contribution < 1.29 is 8.42 Å². The normalized spacial score (nSPS) is 17.3. The summed E-state index contributed by atoms with van der Waals surface area (Å²) in [5.41, 5.74) is 1.91. The highest BCUT2D eigenvalue weighted by molar-refractivity contribution is 7.89. The van der Waals surface area contributed by atoms with E-state index in [1.54, 1.807) is 10.4 Å². The second kappa shape index (κ2) is 6.69. The van der Waals surface area contributed by atoms with Gasteiger partial charge in [0.25, 0.3) is 0 Å². The number of aromatic nitrogens is 2. The third kappa shape index (κ3) is 3.39. The van der Waals surface area contributed by atoms with Crippen LogP contribution in [0.4, 0.5) is 0 Å². The molecule has 1 saturated heterocycles. The van der Waals surface area contributed by atoms with Crippen LogP contribution in [0.3, 0.4) is 0 Å². The number of piperidine rings is 1. The van der Waals surface area contributed by atoms with Gasteiger partial charge in [0.2, 0.25) is 10.0 Å². The van der Waals surface area contributed by atoms with Gasteiger partial charge in [-0.05, 0) is 51.2 Å². The number of sulfonamides is 1. The highest BCUT2D eigenvalue weighted by Gasteiger charge is 2.30. The van der Waals surface area contributed by atoms with E-state index in [1.165, 1.54) is 0 Å². The minimum Gasteiger partial charge on any atom is -0.335 e. The molecule has 0 spiro atoms. The molecular formula is C18H25N3O2S. The molecule has 0 unspecified atom stereocenters. The molecular weight excluding hydrogens is 322 g/mol. The van der Waals surface area contributed by atoms with Crippen LogP contribution in [0.5, 0.6) is 0 Å². The van der Waals surface area contributed by atoms with Crippen molar-refractivity contribution in [2.24, 2.45) is 5.92 Å². The van der Waals surface area contributed by atoms with Gasteiger partial charge in [-0.3, -0.25) is 0 Å². The lowest BCUT2D eigenvalue weighted by molar-refractivity contribution is 0.252. The summed E-state index contributed by atoms with van der Waals surface area (Å²) in [5, 5.41) is 0. The zero-order valence-electron chi connectivity index (χ0n) is 14.6. The molecule has 0 radical (unpaired) electrons. The lowest BCUT2D eigenvalue weighted by Gasteiger charge is -2.32. The minimum atomic E-state index is -3.39. The minimum absolute atomic E-state index is 0.442. The predicted molar refractivity (Wildman–Crippen MR) is 94.4 cm³/mol. The van der Waals surface area contributed by atoms with Gasteiger partial charge in [0, 0.05) is 32.0 Å². The van der Waals surface area contributed by atoms with Crippen LogP contribution in [0, 0.1) is 26.7 Å². The highest BCUT2D eigenvalue weighted by Crippen LogP contribution is 2.27. The van der Waals surface area contributed by atoms with E-state index >= 15 is 0 Å². The van der Waals surface area contributed by atoms with Gasteiger partial charge in [0.15, 0.2) is 0 Å². The predicted octanol–water partition coefficient (Wildman–Crippen LogP) is 2.91. The van der Waals surface area contributed by atoms with Crippen LogP contribution in [-0.4, -0.2) is 35.4 Å². The van der Waals surface area contributed by atoms with Crippen LogP contribution < -0.4 is 0 Å². The molecule has 0 N–H and O–H groups in total. The van der Waals surface area contributed by atoms with Gasteiger partial charge >= 0.3 is 0 Å². The zero-order valence-corrected chi connectivity index (χ0v) is 15.4. The Balaban J connectivity index is 1.68. The molecule has 0 saturated carbocycles. The van der Waals surface area contributed by atoms with Crippen molar-refractivity contribution >= 4 is 10.0 Å². The van der Waals surface area contributed by atoms with Crippen LogP contribution in [0.15, 0.2) is 35.5 Å². The Labute approximate surface area is 144 Å². The lowest BCUT2D eigenvalue weighted by atomic mass is 9.98. The standard InChI is InChI=1S/C18H25N3O2S/c1-14-4-5-18(15(2)12-14)24(22,23)21-9-6-17(7-10-21)13-20-11-8-19-16(20)3/h4-5,8,11-12,17H,6-7,9-10,13H2,1-3H3. The molecule has 0 aliphatic carbocycles. The van der Waals surface area contributed by atoms with Crippen LogP contribution in [0.25, 0.3) is 0 Å². The smallest absolute Gasteiger partial charge is 0.243 e. The van der Waals surface area contributed by atoms with Gasteiger partial charge in [0.1, 0.15) is 5.82 Å². The molecule has 130 valence electrons. The quantitative estimate of drug-likeness (QED) is 0.854. The number of aryl methyl sites for hydroxylation is 3. The van der Waals surface area contributed by atoms with E-state index in [1.807, 2.05) is 45.3 Å². The van der Waals surface area contributed by atoms with E-state index in [4.69, 9.17) is 0 Å². The highest BCUT2D eigenvalue weighted by atomic mass is 32.2. The molecule has 2 heterocycles. The van der Waals surface area contributed by atoms with E-state index < -0.39 is 10.0 Å². The maximum absolute atomic E-state index is 12.9. The van der Waals surface area contributed by atoms with Crippen LogP contribution in [-0.2, 0) is 16.6 Å². The molecule has 1 aliphatic rings. The Bertz CT molecular complexity index is 819. The van der Waals surface area contributed by atoms with Gasteiger partial charge in [-0.25, -0.2) is 13.4 Å². The summed E-state index contributed by atoms with van der Waals surface area (Å²) < 4.78 is 29.6. The molecule has 1 aromatic heterocycles. The van der Waals surface area contributed by atoms with Crippen LogP contribution in [0.1, 0.15) is 29.8 Å². The number of benzene rings is 1. The van der Waals surface area contributed by atoms with Gasteiger partial charge < -0.3 is 4.57 Å². The lowest BCUT2D eigenvalue weighted by Crippen LogP contribution is -2.39. The monoisotopic (exact) mass is 347 g/mol. The Morgan fingerprint density at radius 1 is 1.17 bits per heavy atom. The maximum atomic E-state index is 12.9. The average molecular weight is 347 g/mol. The first-order chi connectivity index (χ1) is 11.4. The van der Waals surface area contributed by atoms with Crippen molar-refractivity contribution in [3.05, 3.63) is 47.5 Å². The molecule has 2 aromatic rings. The third-order valence-electron chi connectivity index (χ3n) is 4.90. The van der Waals surface area contributed by atoms with Crippen molar-refractivity contribution in [2.75, 3.05) is 13.1 Å². The van der Waals surface area contributed by atoms with Crippen molar-refractivity contribution in [1.82, 2.24) is 13.9 Å². The Morgan fingerprint density at radius 2 is 1.88 bits per heavy atom. The van der Waals surface area contributed by atoms with Crippen molar-refractivity contribution in [2.45, 2.75) is 45.1 Å². The molecule has 1 aliphatic heterocycles. The summed E-state index contributed by atoms with van der Waals surface area (Å²) in [5.74, 6) is 1.52. The summed E-state index contributed by atoms with van der Waals surface area (Å²) in [7, 11) is -3.39. The SMILES string of the molecule is Cc1ccc(S(=O)(=O)N2CCC(Cn3ccnc3C)CC2)c(C)c1. The molecule has 1 aromatic carbocycles. The Kier molecular flexibility index (Phi) is 4.78. The van der Waals surface area contributed by atoms with E-state index in [0.29, 0.717) is 23.9 Å². The number of imidazole rings is 1. The Morgan fingerprint density at radius 3 is 2.46 bits per heavy atom. The molecule has 1 fully saturated rings.